The van der Waals surface area contributed by atoms with Crippen molar-refractivity contribution in [2.45, 2.75) is 26.4 Å². The van der Waals surface area contributed by atoms with Gasteiger partial charge in [-0.05, 0) is 30.5 Å². The fourth-order valence-corrected chi connectivity index (χ4v) is 2.80. The van der Waals surface area contributed by atoms with Gasteiger partial charge in [0.15, 0.2) is 0 Å². The summed E-state index contributed by atoms with van der Waals surface area (Å²) in [5.74, 6) is 1.04. The van der Waals surface area contributed by atoms with Crippen LogP contribution in [-0.2, 0) is 19.5 Å². The Morgan fingerprint density at radius 1 is 1.44 bits per heavy atom. The van der Waals surface area contributed by atoms with Crippen LogP contribution in [0.25, 0.3) is 0 Å². The van der Waals surface area contributed by atoms with Gasteiger partial charge in [-0.2, -0.15) is 0 Å². The first kappa shape index (κ1) is 11.8. The van der Waals surface area contributed by atoms with E-state index in [9.17, 15) is 0 Å². The zero-order valence-corrected chi connectivity index (χ0v) is 11.2. The Morgan fingerprint density at radius 3 is 3.11 bits per heavy atom. The average Bonchev–Trinajstić information content (AvgIpc) is 2.75. The van der Waals surface area contributed by atoms with Crippen molar-refractivity contribution in [1.82, 2.24) is 14.9 Å². The van der Waals surface area contributed by atoms with Gasteiger partial charge in [0.05, 0.1) is 6.54 Å². The highest BCUT2D eigenvalue weighted by atomic mass is 35.5. The number of aryl methyl sites for hydroxylation is 1. The van der Waals surface area contributed by atoms with Crippen molar-refractivity contribution in [3.05, 3.63) is 52.1 Å². The molecule has 1 aromatic carbocycles. The average molecular weight is 262 g/mol. The molecule has 1 aliphatic rings. The maximum absolute atomic E-state index is 6.22. The molecular formula is C14H16ClN3. The van der Waals surface area contributed by atoms with Gasteiger partial charge >= 0.3 is 0 Å². The van der Waals surface area contributed by atoms with E-state index in [1.54, 1.807) is 0 Å². The first-order valence-corrected chi connectivity index (χ1v) is 6.59. The van der Waals surface area contributed by atoms with Crippen molar-refractivity contribution < 1.29 is 0 Å². The highest BCUT2D eigenvalue weighted by Crippen LogP contribution is 2.26. The Balaban J connectivity index is 1.75. The summed E-state index contributed by atoms with van der Waals surface area (Å²) in [6.07, 6.45) is 2.90. The Hall–Kier alpha value is -1.32. The third kappa shape index (κ3) is 2.28. The van der Waals surface area contributed by atoms with E-state index < -0.39 is 0 Å². The lowest BCUT2D eigenvalue weighted by molar-refractivity contribution is 0.240. The van der Waals surface area contributed by atoms with Crippen LogP contribution < -0.4 is 0 Å². The molecule has 0 unspecified atom stereocenters. The molecule has 3 rings (SSSR count). The maximum atomic E-state index is 6.22. The number of hydrogen-bond acceptors (Lipinski definition) is 2. The van der Waals surface area contributed by atoms with Crippen LogP contribution in [-0.4, -0.2) is 21.4 Å². The third-order valence-electron chi connectivity index (χ3n) is 3.42. The van der Waals surface area contributed by atoms with Gasteiger partial charge in [-0.25, -0.2) is 4.98 Å². The molecule has 0 saturated heterocycles. The predicted octanol–water partition coefficient (Wildman–Crippen LogP) is 2.93. The quantitative estimate of drug-likeness (QED) is 0.901. The number of nitrogens with one attached hydrogen (secondary N) is 1. The summed E-state index contributed by atoms with van der Waals surface area (Å²) in [6.45, 7) is 4.90. The molecule has 2 heterocycles. The number of nitrogens with zero attached hydrogens (tertiary/aromatic N) is 2. The molecule has 0 aliphatic carbocycles. The summed E-state index contributed by atoms with van der Waals surface area (Å²) >= 11 is 6.22. The minimum Gasteiger partial charge on any atom is -0.345 e. The zero-order chi connectivity index (χ0) is 12.5. The molecule has 0 radical (unpaired) electrons. The molecule has 3 nitrogen and oxygen atoms in total. The molecule has 94 valence electrons. The molecule has 1 N–H and O–H groups in total. The summed E-state index contributed by atoms with van der Waals surface area (Å²) in [6, 6.07) is 6.18. The van der Waals surface area contributed by atoms with E-state index in [0.717, 1.165) is 42.6 Å². The molecule has 2 aromatic rings. The van der Waals surface area contributed by atoms with E-state index in [-0.39, 0.29) is 0 Å². The topological polar surface area (TPSA) is 31.9 Å². The number of rotatable bonds is 2. The third-order valence-corrected chi connectivity index (χ3v) is 3.77. The Morgan fingerprint density at radius 2 is 2.33 bits per heavy atom. The molecule has 0 spiro atoms. The summed E-state index contributed by atoms with van der Waals surface area (Å²) < 4.78 is 0. The highest BCUT2D eigenvalue weighted by molar-refractivity contribution is 6.31. The van der Waals surface area contributed by atoms with E-state index in [1.165, 1.54) is 11.1 Å². The van der Waals surface area contributed by atoms with Crippen LogP contribution in [0.5, 0.6) is 0 Å². The summed E-state index contributed by atoms with van der Waals surface area (Å²) in [7, 11) is 0. The van der Waals surface area contributed by atoms with Crippen molar-refractivity contribution in [2.24, 2.45) is 0 Å². The fraction of sp³-hybridized carbons (Fsp3) is 0.357. The van der Waals surface area contributed by atoms with E-state index in [2.05, 4.69) is 20.9 Å². The number of fused-ring (bicyclic) bond motifs is 1. The number of aromatic nitrogens is 2. The van der Waals surface area contributed by atoms with Crippen LogP contribution >= 0.6 is 11.6 Å². The lowest BCUT2D eigenvalue weighted by Crippen LogP contribution is -2.30. The smallest absolute Gasteiger partial charge is 0.120 e. The molecule has 4 heteroatoms. The Labute approximate surface area is 112 Å². The standard InChI is InChI=1S/C14H16ClN3/c1-10-7-16-14(17-10)9-18-6-5-12-11(8-18)3-2-4-13(12)15/h2-4,7H,5-6,8-9H2,1H3,(H,16,17). The highest BCUT2D eigenvalue weighted by Gasteiger charge is 2.18. The second-order valence-electron chi connectivity index (χ2n) is 4.85. The lowest BCUT2D eigenvalue weighted by atomic mass is 10.00. The van der Waals surface area contributed by atoms with Crippen LogP contribution in [0, 0.1) is 6.92 Å². The molecule has 0 fully saturated rings. The maximum Gasteiger partial charge on any atom is 0.120 e. The predicted molar refractivity (Wildman–Crippen MR) is 72.6 cm³/mol. The van der Waals surface area contributed by atoms with Crippen molar-refractivity contribution in [3.8, 4) is 0 Å². The monoisotopic (exact) mass is 261 g/mol. The van der Waals surface area contributed by atoms with Gasteiger partial charge < -0.3 is 4.98 Å². The molecule has 0 amide bonds. The van der Waals surface area contributed by atoms with Crippen LogP contribution in [0.15, 0.2) is 24.4 Å². The Bertz CT molecular complexity index is 562. The van der Waals surface area contributed by atoms with E-state index in [1.807, 2.05) is 25.3 Å². The van der Waals surface area contributed by atoms with Crippen molar-refractivity contribution >= 4 is 11.6 Å². The van der Waals surface area contributed by atoms with Gasteiger partial charge in [0.2, 0.25) is 0 Å². The minimum atomic E-state index is 0.875. The number of hydrogen-bond donors (Lipinski definition) is 1. The number of imidazole rings is 1. The fourth-order valence-electron chi connectivity index (χ4n) is 2.52. The van der Waals surface area contributed by atoms with Crippen LogP contribution in [0.4, 0.5) is 0 Å². The molecule has 1 aromatic heterocycles. The second-order valence-corrected chi connectivity index (χ2v) is 5.26. The summed E-state index contributed by atoms with van der Waals surface area (Å²) in [5, 5.41) is 0.904. The van der Waals surface area contributed by atoms with Crippen LogP contribution in [0.1, 0.15) is 22.6 Å². The Kier molecular flexibility index (Phi) is 3.10. The normalized spacial score (nSPS) is 15.7. The molecule has 18 heavy (non-hydrogen) atoms. The van der Waals surface area contributed by atoms with Crippen molar-refractivity contribution in [3.63, 3.8) is 0 Å². The molecule has 0 saturated carbocycles. The molecule has 0 atom stereocenters. The number of aromatic amines is 1. The summed E-state index contributed by atoms with van der Waals surface area (Å²) in [5.41, 5.74) is 3.77. The first-order valence-electron chi connectivity index (χ1n) is 6.21. The zero-order valence-electron chi connectivity index (χ0n) is 10.4. The molecule has 1 aliphatic heterocycles. The van der Waals surface area contributed by atoms with Gasteiger partial charge in [0, 0.05) is 30.0 Å². The first-order chi connectivity index (χ1) is 8.72. The van der Waals surface area contributed by atoms with Gasteiger partial charge in [0.1, 0.15) is 5.82 Å². The van der Waals surface area contributed by atoms with Crippen LogP contribution in [0.3, 0.4) is 0 Å². The van der Waals surface area contributed by atoms with Crippen LogP contribution in [0.2, 0.25) is 5.02 Å². The van der Waals surface area contributed by atoms with Crippen molar-refractivity contribution in [1.29, 1.82) is 0 Å². The van der Waals surface area contributed by atoms with E-state index in [0.29, 0.717) is 0 Å². The second kappa shape index (κ2) is 4.75. The number of benzene rings is 1. The van der Waals surface area contributed by atoms with Gasteiger partial charge in [-0.1, -0.05) is 23.7 Å². The number of halogens is 1. The SMILES string of the molecule is Cc1cnc(CN2CCc3c(Cl)cccc3C2)[nH]1. The lowest BCUT2D eigenvalue weighted by Gasteiger charge is -2.28. The van der Waals surface area contributed by atoms with E-state index in [4.69, 9.17) is 11.6 Å². The van der Waals surface area contributed by atoms with Gasteiger partial charge in [-0.3, -0.25) is 4.90 Å². The largest absolute Gasteiger partial charge is 0.345 e. The number of H-pyrrole nitrogens is 1. The summed E-state index contributed by atoms with van der Waals surface area (Å²) in [4.78, 5) is 10.0. The molecule has 0 bridgehead atoms. The molecular weight excluding hydrogens is 246 g/mol. The van der Waals surface area contributed by atoms with Gasteiger partial charge in [0.25, 0.3) is 0 Å². The van der Waals surface area contributed by atoms with Crippen molar-refractivity contribution in [2.75, 3.05) is 6.54 Å². The minimum absolute atomic E-state index is 0.875. The van der Waals surface area contributed by atoms with Gasteiger partial charge in [-0.15, -0.1) is 0 Å². The van der Waals surface area contributed by atoms with E-state index >= 15 is 0 Å².